The first-order chi connectivity index (χ1) is 15.4. The second-order valence-corrected chi connectivity index (χ2v) is 12.8. The highest BCUT2D eigenvalue weighted by Gasteiger charge is 2.17. The van der Waals surface area contributed by atoms with Gasteiger partial charge in [0.1, 0.15) is 5.75 Å². The van der Waals surface area contributed by atoms with Gasteiger partial charge in [0.05, 0.1) is 0 Å². The number of benzene rings is 3. The summed E-state index contributed by atoms with van der Waals surface area (Å²) in [6.07, 6.45) is 4.62. The molecule has 168 valence electrons. The molecular weight excluding hydrogens is 460 g/mol. The van der Waals surface area contributed by atoms with Crippen molar-refractivity contribution in [2.75, 3.05) is 11.5 Å². The summed E-state index contributed by atoms with van der Waals surface area (Å²) in [5.41, 5.74) is 3.86. The Morgan fingerprint density at radius 1 is 0.750 bits per heavy atom. The second-order valence-electron chi connectivity index (χ2n) is 7.46. The zero-order valence-electron chi connectivity index (χ0n) is 17.6. The number of rotatable bonds is 5. The molecule has 3 aromatic carbocycles. The van der Waals surface area contributed by atoms with E-state index in [-0.39, 0.29) is 27.5 Å². The van der Waals surface area contributed by atoms with Gasteiger partial charge in [-0.05, 0) is 86.6 Å². The van der Waals surface area contributed by atoms with Gasteiger partial charge < -0.3 is 4.18 Å². The van der Waals surface area contributed by atoms with Gasteiger partial charge in [-0.25, -0.2) is 21.8 Å². The van der Waals surface area contributed by atoms with Crippen molar-refractivity contribution in [3.63, 3.8) is 0 Å². The maximum absolute atomic E-state index is 10.2. The summed E-state index contributed by atoms with van der Waals surface area (Å²) in [5, 5.41) is 4.89. The number of hydrogen-bond donors (Lipinski definition) is 3. The Labute approximate surface area is 195 Å². The Balaban J connectivity index is 0.000000176. The smallest absolute Gasteiger partial charge is 0.362 e. The molecule has 0 aromatic heterocycles. The first-order valence-electron chi connectivity index (χ1n) is 10.2. The van der Waals surface area contributed by atoms with Gasteiger partial charge in [-0.3, -0.25) is 4.55 Å². The van der Waals surface area contributed by atoms with Crippen molar-refractivity contribution in [3.8, 4) is 5.75 Å². The van der Waals surface area contributed by atoms with Crippen molar-refractivity contribution in [1.29, 1.82) is 0 Å². The summed E-state index contributed by atoms with van der Waals surface area (Å²) in [7, 11) is -4.52. The lowest BCUT2D eigenvalue weighted by Crippen LogP contribution is -2.06. The third-order valence-corrected chi connectivity index (χ3v) is 10.4. The molecule has 2 atom stereocenters. The van der Waals surface area contributed by atoms with Crippen LogP contribution >= 0.6 is 21.8 Å². The van der Waals surface area contributed by atoms with Crippen LogP contribution in [0.1, 0.15) is 16.7 Å². The highest BCUT2D eigenvalue weighted by Crippen LogP contribution is 2.51. The average Bonchev–Trinajstić information content (AvgIpc) is 3.37. The highest BCUT2D eigenvalue weighted by atomic mass is 32.3. The number of fused-ring (bicyclic) bond motifs is 2. The molecule has 0 bridgehead atoms. The third kappa shape index (κ3) is 5.86. The second kappa shape index (κ2) is 10.0. The van der Waals surface area contributed by atoms with Gasteiger partial charge in [-0.2, -0.15) is 8.42 Å². The predicted octanol–water partition coefficient (Wildman–Crippen LogP) is 6.25. The summed E-state index contributed by atoms with van der Waals surface area (Å²) in [6.45, 7) is 1.86. The third-order valence-electron chi connectivity index (χ3n) is 5.16. The van der Waals surface area contributed by atoms with E-state index in [4.69, 9.17) is 4.55 Å². The number of thiol groups is 2. The van der Waals surface area contributed by atoms with Gasteiger partial charge in [0.25, 0.3) is 0 Å². The van der Waals surface area contributed by atoms with E-state index in [0.717, 1.165) is 5.56 Å². The van der Waals surface area contributed by atoms with Crippen LogP contribution in [0.4, 0.5) is 0 Å². The Kier molecular flexibility index (Phi) is 7.10. The molecule has 2 aliphatic rings. The minimum atomic E-state index is -4.39. The van der Waals surface area contributed by atoms with Crippen molar-refractivity contribution in [1.82, 2.24) is 0 Å². The molecule has 1 N–H and O–H groups in total. The van der Waals surface area contributed by atoms with Crippen molar-refractivity contribution in [2.45, 2.75) is 16.7 Å². The van der Waals surface area contributed by atoms with Crippen LogP contribution in [-0.4, -0.2) is 24.5 Å². The number of aryl methyl sites for hydroxylation is 1. The average molecular weight is 487 g/mol. The fourth-order valence-electron chi connectivity index (χ4n) is 3.60. The predicted molar refractivity (Wildman–Crippen MR) is 139 cm³/mol. The fourth-order valence-corrected chi connectivity index (χ4v) is 8.98. The molecule has 0 saturated carbocycles. The van der Waals surface area contributed by atoms with E-state index < -0.39 is 10.4 Å². The fraction of sp³-hybridized carbons (Fsp3) is 0.120. The molecule has 2 heterocycles. The first kappa shape index (κ1) is 22.7. The summed E-state index contributed by atoms with van der Waals surface area (Å²) >= 11 is 0. The molecular formula is C25H26O4S3. The molecule has 0 saturated heterocycles. The Bertz CT molecular complexity index is 1190. The molecule has 32 heavy (non-hydrogen) atoms. The Morgan fingerprint density at radius 2 is 1.22 bits per heavy atom. The minimum absolute atomic E-state index is 0.0646. The van der Waals surface area contributed by atoms with Crippen LogP contribution in [0.25, 0.3) is 12.2 Å². The van der Waals surface area contributed by atoms with E-state index in [1.54, 1.807) is 21.9 Å². The molecule has 0 fully saturated rings. The lowest BCUT2D eigenvalue weighted by molar-refractivity contribution is 0.387. The highest BCUT2D eigenvalue weighted by molar-refractivity contribution is 8.23. The minimum Gasteiger partial charge on any atom is -0.362 e. The van der Waals surface area contributed by atoms with Crippen LogP contribution in [0.15, 0.2) is 93.4 Å². The lowest BCUT2D eigenvalue weighted by Gasteiger charge is -2.20. The van der Waals surface area contributed by atoms with Gasteiger partial charge in [-0.15, -0.1) is 0 Å². The summed E-state index contributed by atoms with van der Waals surface area (Å²) < 4.78 is 32.9. The maximum Gasteiger partial charge on any atom is 0.446 e. The molecule has 2 aliphatic heterocycles. The van der Waals surface area contributed by atoms with E-state index in [1.165, 1.54) is 34.8 Å². The quantitative estimate of drug-likeness (QED) is 0.295. The molecule has 4 nitrogen and oxygen atoms in total. The van der Waals surface area contributed by atoms with Crippen molar-refractivity contribution >= 4 is 44.3 Å². The van der Waals surface area contributed by atoms with Crippen LogP contribution in [0, 0.1) is 6.92 Å². The van der Waals surface area contributed by atoms with E-state index in [2.05, 4.69) is 75.7 Å². The zero-order valence-corrected chi connectivity index (χ0v) is 20.2. The molecule has 2 unspecified atom stereocenters. The van der Waals surface area contributed by atoms with Crippen molar-refractivity contribution in [3.05, 3.63) is 100 Å². The summed E-state index contributed by atoms with van der Waals surface area (Å²) in [4.78, 5) is 3.16. The number of hydrogen-bond acceptors (Lipinski definition) is 3. The Morgan fingerprint density at radius 3 is 1.69 bits per heavy atom. The van der Waals surface area contributed by atoms with E-state index in [1.807, 2.05) is 6.92 Å². The van der Waals surface area contributed by atoms with E-state index in [0.29, 0.717) is 0 Å². The van der Waals surface area contributed by atoms with Crippen LogP contribution in [0.3, 0.4) is 0 Å². The monoisotopic (exact) mass is 486 g/mol. The summed E-state index contributed by atoms with van der Waals surface area (Å²) in [6, 6.07) is 24.0. The molecule has 3 aromatic rings. The Hall–Kier alpha value is -2.45. The molecule has 0 aliphatic carbocycles. The van der Waals surface area contributed by atoms with Crippen LogP contribution in [0.2, 0.25) is 0 Å². The largest absolute Gasteiger partial charge is 0.446 e. The zero-order chi connectivity index (χ0) is 22.6. The topological polar surface area (TPSA) is 63.6 Å². The maximum atomic E-state index is 10.2. The SMILES string of the molecule is C1=C[SH](CC[SH]2C=Cc3ccccc32)c2ccccc21.Cc1ccc(OS(=O)(=O)O)cc1. The van der Waals surface area contributed by atoms with Gasteiger partial charge in [0.2, 0.25) is 0 Å². The molecule has 0 spiro atoms. The van der Waals surface area contributed by atoms with Crippen LogP contribution in [0.5, 0.6) is 5.75 Å². The van der Waals surface area contributed by atoms with Gasteiger partial charge in [0.15, 0.2) is 0 Å². The molecule has 0 radical (unpaired) electrons. The van der Waals surface area contributed by atoms with Gasteiger partial charge in [-0.1, -0.05) is 54.1 Å². The van der Waals surface area contributed by atoms with E-state index >= 15 is 0 Å². The normalized spacial score (nSPS) is 20.2. The first-order valence-corrected chi connectivity index (χ1v) is 14.8. The molecule has 7 heteroatoms. The van der Waals surface area contributed by atoms with E-state index in [9.17, 15) is 8.42 Å². The van der Waals surface area contributed by atoms with Gasteiger partial charge >= 0.3 is 10.4 Å². The van der Waals surface area contributed by atoms with Crippen molar-refractivity contribution in [2.24, 2.45) is 0 Å². The lowest BCUT2D eigenvalue weighted by atomic mass is 10.2. The molecule has 5 rings (SSSR count). The molecule has 0 amide bonds. The van der Waals surface area contributed by atoms with Crippen molar-refractivity contribution < 1.29 is 17.2 Å². The van der Waals surface area contributed by atoms with Gasteiger partial charge in [0, 0.05) is 0 Å². The van der Waals surface area contributed by atoms with Crippen LogP contribution in [-0.2, 0) is 10.4 Å². The summed E-state index contributed by atoms with van der Waals surface area (Å²) in [5.74, 6) is 2.75. The standard InChI is InChI=1S/C18H18S2.C7H8O4S/c1-3-7-17-15(5-1)9-11-19(17)13-14-20-12-10-16-6-2-4-8-18(16)20;1-6-2-4-7(5-3-6)11-12(8,9)10/h1-12,19-20H,13-14H2;2-5H,1H3,(H,8,9,10). The van der Waals surface area contributed by atoms with Crippen LogP contribution < -0.4 is 4.18 Å².